The molecule has 2 aliphatic rings. The smallest absolute Gasteiger partial charge is 0.283 e. The van der Waals surface area contributed by atoms with Crippen LogP contribution in [0.15, 0.2) is 11.1 Å². The molecule has 0 radical (unpaired) electrons. The van der Waals surface area contributed by atoms with Gasteiger partial charge in [0.05, 0.1) is 19.3 Å². The van der Waals surface area contributed by atoms with Gasteiger partial charge in [0.1, 0.15) is 6.33 Å². The summed E-state index contributed by atoms with van der Waals surface area (Å²) in [7, 11) is 1.74. The van der Waals surface area contributed by atoms with Gasteiger partial charge in [0, 0.05) is 7.05 Å². The maximum atomic E-state index is 12.4. The second kappa shape index (κ2) is 5.15. The van der Waals surface area contributed by atoms with Gasteiger partial charge in [-0.1, -0.05) is 24.5 Å². The molecule has 0 N–H and O–H groups in total. The Labute approximate surface area is 128 Å². The molecule has 4 rings (SSSR count). The van der Waals surface area contributed by atoms with Gasteiger partial charge in [0.2, 0.25) is 0 Å². The summed E-state index contributed by atoms with van der Waals surface area (Å²) in [5, 5.41) is 7.77. The molecule has 3 heterocycles. The summed E-state index contributed by atoms with van der Waals surface area (Å²) in [6.07, 6.45) is 9.23. The summed E-state index contributed by atoms with van der Waals surface area (Å²) < 4.78 is 9.13. The lowest BCUT2D eigenvalue weighted by Gasteiger charge is -2.31. The van der Waals surface area contributed by atoms with Crippen LogP contribution in [-0.4, -0.2) is 37.3 Å². The second-order valence-electron chi connectivity index (χ2n) is 6.79. The summed E-state index contributed by atoms with van der Waals surface area (Å²) in [5.74, 6) is 0. The van der Waals surface area contributed by atoms with E-state index in [4.69, 9.17) is 4.74 Å². The third kappa shape index (κ3) is 2.24. The van der Waals surface area contributed by atoms with Crippen molar-refractivity contribution in [2.24, 2.45) is 12.5 Å². The predicted molar refractivity (Wildman–Crippen MR) is 80.4 cm³/mol. The zero-order valence-corrected chi connectivity index (χ0v) is 12.9. The molecule has 0 amide bonds. The lowest BCUT2D eigenvalue weighted by atomic mass is 9.73. The monoisotopic (exact) mass is 303 g/mol. The van der Waals surface area contributed by atoms with E-state index in [-0.39, 0.29) is 11.7 Å². The first-order valence-corrected chi connectivity index (χ1v) is 8.03. The molecule has 1 atom stereocenters. The highest BCUT2D eigenvalue weighted by atomic mass is 16.5. The van der Waals surface area contributed by atoms with Gasteiger partial charge in [0.25, 0.3) is 5.56 Å². The van der Waals surface area contributed by atoms with Gasteiger partial charge in [-0.15, -0.1) is 5.10 Å². The van der Waals surface area contributed by atoms with E-state index in [2.05, 4.69) is 15.3 Å². The van der Waals surface area contributed by atoms with Crippen molar-refractivity contribution in [3.8, 4) is 0 Å². The number of hydrogen-bond donors (Lipinski definition) is 0. The molecule has 1 aliphatic carbocycles. The van der Waals surface area contributed by atoms with Gasteiger partial charge in [-0.2, -0.15) is 0 Å². The van der Waals surface area contributed by atoms with Crippen molar-refractivity contribution in [3.05, 3.63) is 16.7 Å². The van der Waals surface area contributed by atoms with Crippen molar-refractivity contribution in [2.45, 2.75) is 51.2 Å². The highest BCUT2D eigenvalue weighted by Gasteiger charge is 2.40. The Morgan fingerprint density at radius 3 is 3.00 bits per heavy atom. The average molecular weight is 303 g/mol. The molecule has 1 spiro atoms. The van der Waals surface area contributed by atoms with Crippen molar-refractivity contribution >= 4 is 11.2 Å². The molecule has 22 heavy (non-hydrogen) atoms. The lowest BCUT2D eigenvalue weighted by Crippen LogP contribution is -2.28. The Morgan fingerprint density at radius 1 is 1.36 bits per heavy atom. The molecule has 1 aliphatic heterocycles. The van der Waals surface area contributed by atoms with Gasteiger partial charge >= 0.3 is 0 Å². The molecule has 2 aromatic rings. The number of hydrogen-bond acceptors (Lipinski definition) is 5. The Morgan fingerprint density at radius 2 is 2.18 bits per heavy atom. The molecule has 2 aromatic heterocycles. The van der Waals surface area contributed by atoms with Crippen LogP contribution in [0.2, 0.25) is 0 Å². The van der Waals surface area contributed by atoms with E-state index in [9.17, 15) is 4.79 Å². The highest BCUT2D eigenvalue weighted by molar-refractivity contribution is 5.67. The first-order valence-electron chi connectivity index (χ1n) is 8.03. The van der Waals surface area contributed by atoms with Crippen LogP contribution >= 0.6 is 0 Å². The summed E-state index contributed by atoms with van der Waals surface area (Å²) in [6.45, 7) is 1.40. The summed E-state index contributed by atoms with van der Waals surface area (Å²) in [4.78, 5) is 16.7. The van der Waals surface area contributed by atoms with Crippen LogP contribution in [-0.2, 0) is 18.3 Å². The van der Waals surface area contributed by atoms with Gasteiger partial charge in [0.15, 0.2) is 11.2 Å². The summed E-state index contributed by atoms with van der Waals surface area (Å²) >= 11 is 0. The lowest BCUT2D eigenvalue weighted by molar-refractivity contribution is 0.0752. The zero-order valence-electron chi connectivity index (χ0n) is 12.9. The number of aryl methyl sites for hydroxylation is 1. The van der Waals surface area contributed by atoms with Crippen LogP contribution in [0.3, 0.4) is 0 Å². The predicted octanol–water partition coefficient (Wildman–Crippen LogP) is 1.26. The van der Waals surface area contributed by atoms with E-state index < -0.39 is 0 Å². The fraction of sp³-hybridized carbons (Fsp3) is 0.733. The van der Waals surface area contributed by atoms with E-state index in [1.807, 2.05) is 0 Å². The highest BCUT2D eigenvalue weighted by Crippen LogP contribution is 2.45. The van der Waals surface area contributed by atoms with E-state index in [0.29, 0.717) is 23.1 Å². The first kappa shape index (κ1) is 13.9. The number of ether oxygens (including phenoxy) is 1. The maximum Gasteiger partial charge on any atom is 0.283 e. The number of fused-ring (bicyclic) bond motifs is 1. The SMILES string of the molecule is Cn1nnc2c(=O)n(CC3CC4(CCCCC4)CO3)cnc21. The van der Waals surface area contributed by atoms with E-state index >= 15 is 0 Å². The number of nitrogens with zero attached hydrogens (tertiary/aromatic N) is 5. The van der Waals surface area contributed by atoms with Crippen molar-refractivity contribution < 1.29 is 4.74 Å². The van der Waals surface area contributed by atoms with Crippen LogP contribution in [0, 0.1) is 5.41 Å². The zero-order chi connectivity index (χ0) is 15.2. The summed E-state index contributed by atoms with van der Waals surface area (Å²) in [6, 6.07) is 0. The van der Waals surface area contributed by atoms with Crippen LogP contribution in [0.5, 0.6) is 0 Å². The van der Waals surface area contributed by atoms with E-state index in [0.717, 1.165) is 13.0 Å². The maximum absolute atomic E-state index is 12.4. The fourth-order valence-corrected chi connectivity index (χ4v) is 3.96. The first-order chi connectivity index (χ1) is 10.7. The average Bonchev–Trinajstić information content (AvgIpc) is 3.08. The van der Waals surface area contributed by atoms with Gasteiger partial charge < -0.3 is 4.74 Å². The molecule has 118 valence electrons. The molecular formula is C15H21N5O2. The van der Waals surface area contributed by atoms with Gasteiger partial charge in [-0.3, -0.25) is 9.36 Å². The van der Waals surface area contributed by atoms with E-state index in [1.54, 1.807) is 17.9 Å². The molecule has 1 saturated carbocycles. The minimum atomic E-state index is -0.133. The molecule has 2 fully saturated rings. The third-order valence-corrected chi connectivity index (χ3v) is 5.18. The van der Waals surface area contributed by atoms with Crippen molar-refractivity contribution in [1.82, 2.24) is 24.5 Å². The van der Waals surface area contributed by atoms with Crippen LogP contribution in [0.25, 0.3) is 11.2 Å². The quantitative estimate of drug-likeness (QED) is 0.835. The van der Waals surface area contributed by atoms with Crippen molar-refractivity contribution in [2.75, 3.05) is 6.61 Å². The molecule has 7 nitrogen and oxygen atoms in total. The minimum absolute atomic E-state index is 0.103. The number of rotatable bonds is 2. The van der Waals surface area contributed by atoms with Crippen LogP contribution in [0.4, 0.5) is 0 Å². The molecule has 7 heteroatoms. The Hall–Kier alpha value is -1.76. The molecular weight excluding hydrogens is 282 g/mol. The molecule has 0 aromatic carbocycles. The topological polar surface area (TPSA) is 74.8 Å². The Bertz CT molecular complexity index is 744. The molecule has 1 saturated heterocycles. The van der Waals surface area contributed by atoms with Crippen LogP contribution in [0.1, 0.15) is 38.5 Å². The second-order valence-corrected chi connectivity index (χ2v) is 6.79. The normalized spacial score (nSPS) is 24.3. The Kier molecular flexibility index (Phi) is 3.25. The van der Waals surface area contributed by atoms with Gasteiger partial charge in [-0.25, -0.2) is 9.67 Å². The van der Waals surface area contributed by atoms with E-state index in [1.165, 1.54) is 36.8 Å². The minimum Gasteiger partial charge on any atom is -0.376 e. The van der Waals surface area contributed by atoms with Crippen LogP contribution < -0.4 is 5.56 Å². The summed E-state index contributed by atoms with van der Waals surface area (Å²) in [5.41, 5.74) is 1.08. The Balaban J connectivity index is 1.54. The fourth-order valence-electron chi connectivity index (χ4n) is 3.96. The van der Waals surface area contributed by atoms with Crippen molar-refractivity contribution in [1.29, 1.82) is 0 Å². The number of aromatic nitrogens is 5. The van der Waals surface area contributed by atoms with Gasteiger partial charge in [-0.05, 0) is 24.7 Å². The standard InChI is InChI=1S/C15H21N5O2/c1-19-13-12(17-18-19)14(21)20(10-16-13)8-11-7-15(9-22-11)5-3-2-4-6-15/h10-11H,2-9H2,1H3. The van der Waals surface area contributed by atoms with Crippen molar-refractivity contribution in [3.63, 3.8) is 0 Å². The largest absolute Gasteiger partial charge is 0.376 e. The third-order valence-electron chi connectivity index (χ3n) is 5.18. The molecule has 0 bridgehead atoms. The molecule has 1 unspecified atom stereocenters.